The zero-order valence-electron chi connectivity index (χ0n) is 11.2. The van der Waals surface area contributed by atoms with Gasteiger partial charge in [0.05, 0.1) is 7.11 Å². The number of benzene rings is 2. The van der Waals surface area contributed by atoms with E-state index in [1.54, 1.807) is 12.1 Å². The summed E-state index contributed by atoms with van der Waals surface area (Å²) in [6.45, 7) is 2.01. The maximum atomic E-state index is 11.2. The number of anilines is 2. The van der Waals surface area contributed by atoms with Crippen molar-refractivity contribution in [2.24, 2.45) is 0 Å². The maximum absolute atomic E-state index is 11.2. The first-order chi connectivity index (χ1) is 9.48. The molecule has 2 aromatic rings. The topological polar surface area (TPSA) is 64.6 Å². The molecule has 0 fully saturated rings. The Bertz CT molecular complexity index is 681. The van der Waals surface area contributed by atoms with Crippen LogP contribution in [0.25, 0.3) is 0 Å². The van der Waals surface area contributed by atoms with Gasteiger partial charge in [-0.1, -0.05) is 23.8 Å². The lowest BCUT2D eigenvalue weighted by atomic mass is 10.2. The molecule has 0 saturated heterocycles. The Morgan fingerprint density at radius 3 is 2.35 bits per heavy atom. The second kappa shape index (κ2) is 5.94. The van der Waals surface area contributed by atoms with Crippen LogP contribution in [0.2, 0.25) is 0 Å². The standard InChI is InChI=1S/C14H15NO4S/c1-11-6-8-12(9-7-11)15-13-4-3-5-14(10-13)19-20(16,17)18-2/h3-10,15H,1-2H3. The molecule has 2 rings (SSSR count). The third-order valence-corrected chi connectivity index (χ3v) is 3.38. The summed E-state index contributed by atoms with van der Waals surface area (Å²) >= 11 is 0. The average Bonchev–Trinajstić information content (AvgIpc) is 2.41. The minimum atomic E-state index is -4.00. The van der Waals surface area contributed by atoms with Gasteiger partial charge in [0.2, 0.25) is 0 Å². The van der Waals surface area contributed by atoms with Crippen molar-refractivity contribution >= 4 is 21.8 Å². The Morgan fingerprint density at radius 1 is 1.00 bits per heavy atom. The maximum Gasteiger partial charge on any atom is 0.448 e. The monoisotopic (exact) mass is 293 g/mol. The second-order valence-electron chi connectivity index (χ2n) is 4.18. The van der Waals surface area contributed by atoms with Crippen LogP contribution in [-0.2, 0) is 14.6 Å². The van der Waals surface area contributed by atoms with E-state index in [4.69, 9.17) is 4.18 Å². The van der Waals surface area contributed by atoms with E-state index in [1.807, 2.05) is 37.3 Å². The molecule has 0 aliphatic carbocycles. The first-order valence-corrected chi connectivity index (χ1v) is 7.26. The minimum absolute atomic E-state index is 0.184. The molecule has 0 atom stereocenters. The van der Waals surface area contributed by atoms with Crippen LogP contribution in [0.15, 0.2) is 48.5 Å². The number of hydrogen-bond donors (Lipinski definition) is 1. The van der Waals surface area contributed by atoms with Crippen molar-refractivity contribution in [1.82, 2.24) is 0 Å². The van der Waals surface area contributed by atoms with Gasteiger partial charge in [-0.25, -0.2) is 4.18 Å². The fourth-order valence-electron chi connectivity index (χ4n) is 1.58. The van der Waals surface area contributed by atoms with Crippen LogP contribution in [0, 0.1) is 6.92 Å². The molecule has 0 aromatic heterocycles. The second-order valence-corrected chi connectivity index (χ2v) is 5.49. The lowest BCUT2D eigenvalue weighted by molar-refractivity contribution is 0.330. The van der Waals surface area contributed by atoms with E-state index in [1.165, 1.54) is 11.6 Å². The molecule has 0 saturated carbocycles. The molecule has 5 nitrogen and oxygen atoms in total. The summed E-state index contributed by atoms with van der Waals surface area (Å²) < 4.78 is 31.4. The Kier molecular flexibility index (Phi) is 4.26. The molecule has 0 aliphatic rings. The molecule has 106 valence electrons. The fourth-order valence-corrected chi connectivity index (χ4v) is 1.99. The van der Waals surface area contributed by atoms with E-state index < -0.39 is 10.4 Å². The summed E-state index contributed by atoms with van der Waals surface area (Å²) in [6, 6.07) is 14.5. The van der Waals surface area contributed by atoms with Crippen molar-refractivity contribution in [2.75, 3.05) is 12.4 Å². The summed E-state index contributed by atoms with van der Waals surface area (Å²) in [5.41, 5.74) is 2.79. The minimum Gasteiger partial charge on any atom is -0.362 e. The van der Waals surface area contributed by atoms with Crippen molar-refractivity contribution in [3.63, 3.8) is 0 Å². The molecule has 0 spiro atoms. The lowest BCUT2D eigenvalue weighted by Gasteiger charge is -2.09. The van der Waals surface area contributed by atoms with Crippen molar-refractivity contribution in [3.05, 3.63) is 54.1 Å². The highest BCUT2D eigenvalue weighted by Crippen LogP contribution is 2.22. The van der Waals surface area contributed by atoms with Crippen molar-refractivity contribution in [1.29, 1.82) is 0 Å². The van der Waals surface area contributed by atoms with Gasteiger partial charge in [0, 0.05) is 17.4 Å². The average molecular weight is 293 g/mol. The fraction of sp³-hybridized carbons (Fsp3) is 0.143. The Morgan fingerprint density at radius 2 is 1.70 bits per heavy atom. The predicted molar refractivity (Wildman–Crippen MR) is 77.5 cm³/mol. The molecule has 20 heavy (non-hydrogen) atoms. The van der Waals surface area contributed by atoms with Crippen LogP contribution in [0.1, 0.15) is 5.56 Å². The summed E-state index contributed by atoms with van der Waals surface area (Å²) in [5, 5.41) is 3.16. The van der Waals surface area contributed by atoms with E-state index in [2.05, 4.69) is 9.50 Å². The van der Waals surface area contributed by atoms with Crippen LogP contribution in [0.4, 0.5) is 11.4 Å². The van der Waals surface area contributed by atoms with Gasteiger partial charge < -0.3 is 9.50 Å². The Labute approximate surface area is 118 Å². The highest BCUT2D eigenvalue weighted by Gasteiger charge is 2.10. The van der Waals surface area contributed by atoms with E-state index in [0.29, 0.717) is 0 Å². The Balaban J connectivity index is 2.15. The molecule has 1 N–H and O–H groups in total. The molecular formula is C14H15NO4S. The van der Waals surface area contributed by atoms with Crippen LogP contribution in [0.3, 0.4) is 0 Å². The summed E-state index contributed by atoms with van der Waals surface area (Å²) in [7, 11) is -2.95. The van der Waals surface area contributed by atoms with Gasteiger partial charge in [0.1, 0.15) is 5.75 Å². The van der Waals surface area contributed by atoms with Crippen LogP contribution < -0.4 is 9.50 Å². The summed E-state index contributed by atoms with van der Waals surface area (Å²) in [5.74, 6) is 0.184. The van der Waals surface area contributed by atoms with Gasteiger partial charge in [-0.05, 0) is 31.2 Å². The smallest absolute Gasteiger partial charge is 0.362 e. The van der Waals surface area contributed by atoms with Gasteiger partial charge in [0.25, 0.3) is 0 Å². The molecule has 0 bridgehead atoms. The van der Waals surface area contributed by atoms with Crippen LogP contribution in [-0.4, -0.2) is 15.5 Å². The zero-order valence-corrected chi connectivity index (χ0v) is 12.0. The van der Waals surface area contributed by atoms with Gasteiger partial charge in [-0.15, -0.1) is 0 Å². The highest BCUT2D eigenvalue weighted by molar-refractivity contribution is 7.82. The van der Waals surface area contributed by atoms with Gasteiger partial charge in [-0.2, -0.15) is 8.42 Å². The largest absolute Gasteiger partial charge is 0.448 e. The molecule has 0 radical (unpaired) electrons. The molecule has 6 heteroatoms. The third kappa shape index (κ3) is 3.97. The van der Waals surface area contributed by atoms with Gasteiger partial charge in [0.15, 0.2) is 0 Å². The SMILES string of the molecule is COS(=O)(=O)Oc1cccc(Nc2ccc(C)cc2)c1. The molecular weight excluding hydrogens is 278 g/mol. The van der Waals surface area contributed by atoms with Crippen molar-refractivity contribution < 1.29 is 16.8 Å². The number of hydrogen-bond acceptors (Lipinski definition) is 5. The number of rotatable bonds is 5. The third-order valence-electron chi connectivity index (χ3n) is 2.58. The van der Waals surface area contributed by atoms with E-state index in [-0.39, 0.29) is 5.75 Å². The molecule has 0 unspecified atom stereocenters. The molecule has 2 aromatic carbocycles. The quantitative estimate of drug-likeness (QED) is 0.918. The summed E-state index contributed by atoms with van der Waals surface area (Å²) in [4.78, 5) is 0. The predicted octanol–water partition coefficient (Wildman–Crippen LogP) is 3.01. The van der Waals surface area contributed by atoms with Crippen LogP contribution >= 0.6 is 0 Å². The first kappa shape index (κ1) is 14.4. The van der Waals surface area contributed by atoms with Crippen molar-refractivity contribution in [2.45, 2.75) is 6.92 Å². The Hall–Kier alpha value is -2.05. The number of nitrogens with one attached hydrogen (secondary N) is 1. The van der Waals surface area contributed by atoms with E-state index in [0.717, 1.165) is 18.5 Å². The number of aryl methyl sites for hydroxylation is 1. The van der Waals surface area contributed by atoms with Crippen LogP contribution in [0.5, 0.6) is 5.75 Å². The zero-order chi connectivity index (χ0) is 14.6. The van der Waals surface area contributed by atoms with E-state index >= 15 is 0 Å². The van der Waals surface area contributed by atoms with Gasteiger partial charge in [-0.3, -0.25) is 0 Å². The van der Waals surface area contributed by atoms with E-state index in [9.17, 15) is 8.42 Å². The molecule has 0 heterocycles. The molecule has 0 aliphatic heterocycles. The molecule has 0 amide bonds. The highest BCUT2D eigenvalue weighted by atomic mass is 32.3. The lowest BCUT2D eigenvalue weighted by Crippen LogP contribution is -2.10. The van der Waals surface area contributed by atoms with Crippen molar-refractivity contribution in [3.8, 4) is 5.75 Å². The normalized spacial score (nSPS) is 11.1. The van der Waals surface area contributed by atoms with Gasteiger partial charge >= 0.3 is 10.4 Å². The summed E-state index contributed by atoms with van der Waals surface area (Å²) in [6.07, 6.45) is 0. The first-order valence-electron chi connectivity index (χ1n) is 5.92.